The molecule has 2 aromatic carbocycles. The number of carbonyl (C=O) groups is 2. The highest BCUT2D eigenvalue weighted by Crippen LogP contribution is 2.31. The first-order chi connectivity index (χ1) is 13.0. The first kappa shape index (κ1) is 19.6. The summed E-state index contributed by atoms with van der Waals surface area (Å²) in [6.07, 6.45) is 2.65. The lowest BCUT2D eigenvalue weighted by Gasteiger charge is -2.09. The lowest BCUT2D eigenvalue weighted by Crippen LogP contribution is -2.12. The van der Waals surface area contributed by atoms with Gasteiger partial charge >= 0.3 is 5.97 Å². The van der Waals surface area contributed by atoms with Crippen LogP contribution < -0.4 is 9.47 Å². The van der Waals surface area contributed by atoms with Crippen LogP contribution in [-0.4, -0.2) is 37.5 Å². The molecule has 0 aromatic heterocycles. The number of non-ortho nitro benzene ring substituents is 1. The predicted octanol–water partition coefficient (Wildman–Crippen LogP) is 3.05. The third-order valence-corrected chi connectivity index (χ3v) is 3.58. The van der Waals surface area contributed by atoms with Gasteiger partial charge in [0.25, 0.3) is 5.69 Å². The minimum Gasteiger partial charge on any atom is -0.493 e. The van der Waals surface area contributed by atoms with Crippen molar-refractivity contribution in [3.05, 3.63) is 69.8 Å². The molecule has 0 spiro atoms. The summed E-state index contributed by atoms with van der Waals surface area (Å²) in [6.45, 7) is -0.476. The minimum absolute atomic E-state index is 0.126. The van der Waals surface area contributed by atoms with Crippen LogP contribution >= 0.6 is 0 Å². The van der Waals surface area contributed by atoms with Crippen LogP contribution in [0.1, 0.15) is 15.9 Å². The monoisotopic (exact) mass is 371 g/mol. The normalized spacial score (nSPS) is 10.4. The van der Waals surface area contributed by atoms with E-state index in [0.29, 0.717) is 17.1 Å². The zero-order chi connectivity index (χ0) is 19.8. The van der Waals surface area contributed by atoms with E-state index in [1.165, 1.54) is 50.6 Å². The second-order valence-corrected chi connectivity index (χ2v) is 5.25. The molecule has 2 aromatic rings. The molecule has 0 aliphatic heterocycles. The fourth-order valence-corrected chi connectivity index (χ4v) is 2.24. The lowest BCUT2D eigenvalue weighted by molar-refractivity contribution is -0.384. The van der Waals surface area contributed by atoms with Crippen LogP contribution in [0.3, 0.4) is 0 Å². The van der Waals surface area contributed by atoms with Gasteiger partial charge in [0, 0.05) is 29.3 Å². The maximum absolute atomic E-state index is 12.0. The highest BCUT2D eigenvalue weighted by Gasteiger charge is 2.12. The summed E-state index contributed by atoms with van der Waals surface area (Å²) in [5.41, 5.74) is 0.695. The summed E-state index contributed by atoms with van der Waals surface area (Å²) in [6, 6.07) is 10.2. The van der Waals surface area contributed by atoms with Crippen LogP contribution in [-0.2, 0) is 9.53 Å². The maximum atomic E-state index is 12.0. The van der Waals surface area contributed by atoms with Crippen LogP contribution in [0.25, 0.3) is 6.08 Å². The number of ketones is 1. The average Bonchev–Trinajstić information content (AvgIpc) is 2.69. The number of nitrogens with zero attached hydrogens (tertiary/aromatic N) is 1. The average molecular weight is 371 g/mol. The zero-order valence-corrected chi connectivity index (χ0v) is 14.7. The van der Waals surface area contributed by atoms with Gasteiger partial charge in [-0.25, -0.2) is 4.79 Å². The van der Waals surface area contributed by atoms with Crippen molar-refractivity contribution in [3.8, 4) is 11.5 Å². The van der Waals surface area contributed by atoms with Crippen LogP contribution in [0.4, 0.5) is 5.69 Å². The number of benzene rings is 2. The Balaban J connectivity index is 1.97. The van der Waals surface area contributed by atoms with Crippen molar-refractivity contribution in [2.45, 2.75) is 0 Å². The Bertz CT molecular complexity index is 872. The molecular weight excluding hydrogens is 354 g/mol. The number of hydrogen-bond donors (Lipinski definition) is 0. The topological polar surface area (TPSA) is 105 Å². The second kappa shape index (κ2) is 9.14. The van der Waals surface area contributed by atoms with E-state index in [1.54, 1.807) is 18.2 Å². The number of nitro groups is 1. The molecule has 0 N–H and O–H groups in total. The molecule has 0 saturated carbocycles. The molecule has 0 unspecified atom stereocenters. The molecule has 0 aliphatic rings. The Labute approximate surface area is 155 Å². The lowest BCUT2D eigenvalue weighted by atomic mass is 10.1. The molecule has 0 amide bonds. The van der Waals surface area contributed by atoms with Crippen molar-refractivity contribution in [1.82, 2.24) is 0 Å². The van der Waals surface area contributed by atoms with E-state index in [4.69, 9.17) is 14.2 Å². The summed E-state index contributed by atoms with van der Waals surface area (Å²) in [7, 11) is 2.99. The second-order valence-electron chi connectivity index (χ2n) is 5.25. The molecular formula is C19H17NO7. The number of Topliss-reactive ketones (excluding diaryl/α,β-unsaturated/α-hetero) is 1. The van der Waals surface area contributed by atoms with E-state index in [2.05, 4.69) is 0 Å². The van der Waals surface area contributed by atoms with Crippen molar-refractivity contribution in [1.29, 1.82) is 0 Å². The molecule has 8 nitrogen and oxygen atoms in total. The van der Waals surface area contributed by atoms with Crippen LogP contribution in [0, 0.1) is 10.1 Å². The van der Waals surface area contributed by atoms with Gasteiger partial charge in [0.1, 0.15) is 0 Å². The van der Waals surface area contributed by atoms with E-state index in [9.17, 15) is 19.7 Å². The van der Waals surface area contributed by atoms with Gasteiger partial charge in [0.05, 0.1) is 19.1 Å². The number of methoxy groups -OCH3 is 2. The van der Waals surface area contributed by atoms with Gasteiger partial charge in [-0.15, -0.1) is 0 Å². The fraction of sp³-hybridized carbons (Fsp3) is 0.158. The Morgan fingerprint density at radius 2 is 1.78 bits per heavy atom. The first-order valence-corrected chi connectivity index (χ1v) is 7.79. The standard InChI is InChI=1S/C19H17NO7/c1-25-17-5-3-4-14(19(17)26-2)8-11-18(22)27-12-16(21)13-6-9-15(10-7-13)20(23)24/h3-11H,12H2,1-2H3/b11-8+. The van der Waals surface area contributed by atoms with E-state index in [1.807, 2.05) is 0 Å². The number of rotatable bonds is 8. The predicted molar refractivity (Wildman–Crippen MR) is 97.0 cm³/mol. The molecule has 2 rings (SSSR count). The molecule has 0 heterocycles. The van der Waals surface area contributed by atoms with Gasteiger partial charge in [-0.1, -0.05) is 12.1 Å². The number of ether oxygens (including phenoxy) is 3. The molecule has 8 heteroatoms. The molecule has 140 valence electrons. The summed E-state index contributed by atoms with van der Waals surface area (Å²) < 4.78 is 15.3. The van der Waals surface area contributed by atoms with Crippen molar-refractivity contribution >= 4 is 23.5 Å². The highest BCUT2D eigenvalue weighted by atomic mass is 16.6. The number of para-hydroxylation sites is 1. The van der Waals surface area contributed by atoms with Crippen LogP contribution in [0.5, 0.6) is 11.5 Å². The fourth-order valence-electron chi connectivity index (χ4n) is 2.24. The quantitative estimate of drug-likeness (QED) is 0.231. The Morgan fingerprint density at radius 3 is 2.37 bits per heavy atom. The molecule has 0 saturated heterocycles. The van der Waals surface area contributed by atoms with E-state index >= 15 is 0 Å². The highest BCUT2D eigenvalue weighted by molar-refractivity contribution is 5.99. The van der Waals surface area contributed by atoms with Gasteiger partial charge in [0.2, 0.25) is 0 Å². The Morgan fingerprint density at radius 1 is 1.07 bits per heavy atom. The van der Waals surface area contributed by atoms with Gasteiger partial charge in [0.15, 0.2) is 23.9 Å². The van der Waals surface area contributed by atoms with E-state index in [0.717, 1.165) is 0 Å². The molecule has 27 heavy (non-hydrogen) atoms. The molecule has 0 fully saturated rings. The molecule has 0 aliphatic carbocycles. The first-order valence-electron chi connectivity index (χ1n) is 7.79. The van der Waals surface area contributed by atoms with Crippen LogP contribution in [0.15, 0.2) is 48.5 Å². The van der Waals surface area contributed by atoms with Crippen molar-refractivity contribution in [3.63, 3.8) is 0 Å². The van der Waals surface area contributed by atoms with E-state index in [-0.39, 0.29) is 11.3 Å². The number of esters is 1. The van der Waals surface area contributed by atoms with E-state index < -0.39 is 23.3 Å². The Hall–Kier alpha value is -3.68. The zero-order valence-electron chi connectivity index (χ0n) is 14.7. The number of carbonyl (C=O) groups excluding carboxylic acids is 2. The number of hydrogen-bond acceptors (Lipinski definition) is 7. The van der Waals surface area contributed by atoms with Gasteiger partial charge < -0.3 is 14.2 Å². The summed E-state index contributed by atoms with van der Waals surface area (Å²) in [4.78, 5) is 33.8. The SMILES string of the molecule is COc1cccc(/C=C/C(=O)OCC(=O)c2ccc([N+](=O)[O-])cc2)c1OC. The van der Waals surface area contributed by atoms with Crippen LogP contribution in [0.2, 0.25) is 0 Å². The number of nitro benzene ring substituents is 1. The third kappa shape index (κ3) is 5.15. The Kier molecular flexibility index (Phi) is 6.65. The largest absolute Gasteiger partial charge is 0.493 e. The smallest absolute Gasteiger partial charge is 0.331 e. The maximum Gasteiger partial charge on any atom is 0.331 e. The van der Waals surface area contributed by atoms with Crippen molar-refractivity contribution in [2.75, 3.05) is 20.8 Å². The van der Waals surface area contributed by atoms with Crippen molar-refractivity contribution in [2.24, 2.45) is 0 Å². The van der Waals surface area contributed by atoms with Crippen molar-refractivity contribution < 1.29 is 28.7 Å². The molecule has 0 atom stereocenters. The van der Waals surface area contributed by atoms with Gasteiger partial charge in [-0.05, 0) is 24.3 Å². The summed E-state index contributed by atoms with van der Waals surface area (Å²) >= 11 is 0. The van der Waals surface area contributed by atoms with Gasteiger partial charge in [-0.3, -0.25) is 14.9 Å². The van der Waals surface area contributed by atoms with Gasteiger partial charge in [-0.2, -0.15) is 0 Å². The minimum atomic E-state index is -0.713. The summed E-state index contributed by atoms with van der Waals surface area (Å²) in [5, 5.41) is 10.6. The third-order valence-electron chi connectivity index (χ3n) is 3.58. The molecule has 0 bridgehead atoms. The molecule has 0 radical (unpaired) electrons. The summed E-state index contributed by atoms with van der Waals surface area (Å²) in [5.74, 6) is -0.201.